The van der Waals surface area contributed by atoms with E-state index in [0.29, 0.717) is 22.9 Å². The Bertz CT molecular complexity index is 1030. The maximum atomic E-state index is 13.3. The van der Waals surface area contributed by atoms with Crippen LogP contribution >= 0.6 is 0 Å². The number of hydrogen-bond donors (Lipinski definition) is 2. The fraction of sp³-hybridized carbons (Fsp3) is 0.316. The lowest BCUT2D eigenvalue weighted by Gasteiger charge is -2.22. The highest BCUT2D eigenvalue weighted by molar-refractivity contribution is 5.65. The van der Waals surface area contributed by atoms with Crippen molar-refractivity contribution < 1.29 is 13.2 Å². The molecule has 0 saturated heterocycles. The molecule has 3 N–H and O–H groups in total. The van der Waals surface area contributed by atoms with Crippen molar-refractivity contribution in [2.75, 3.05) is 18.9 Å². The number of aromatic nitrogens is 4. The van der Waals surface area contributed by atoms with E-state index in [1.54, 1.807) is 12.1 Å². The lowest BCUT2D eigenvalue weighted by atomic mass is 10.0. The first-order valence-corrected chi connectivity index (χ1v) is 9.08. The van der Waals surface area contributed by atoms with E-state index in [9.17, 15) is 13.2 Å². The second-order valence-corrected chi connectivity index (χ2v) is 6.97. The third-order valence-corrected chi connectivity index (χ3v) is 4.84. The van der Waals surface area contributed by atoms with Gasteiger partial charge in [0.05, 0.1) is 23.5 Å². The van der Waals surface area contributed by atoms with Gasteiger partial charge in [0.15, 0.2) is 5.82 Å². The van der Waals surface area contributed by atoms with Crippen LogP contribution in [0.25, 0.3) is 11.3 Å². The third-order valence-electron chi connectivity index (χ3n) is 4.84. The first kappa shape index (κ1) is 19.3. The molecule has 1 aromatic carbocycles. The zero-order valence-corrected chi connectivity index (χ0v) is 15.7. The minimum atomic E-state index is -4.48. The first-order valence-electron chi connectivity index (χ1n) is 9.08. The van der Waals surface area contributed by atoms with Crippen molar-refractivity contribution in [3.8, 4) is 11.3 Å². The van der Waals surface area contributed by atoms with E-state index < -0.39 is 11.7 Å². The van der Waals surface area contributed by atoms with Crippen LogP contribution in [0.4, 0.5) is 24.8 Å². The lowest BCUT2D eigenvalue weighted by molar-refractivity contribution is -0.138. The number of halogens is 3. The summed E-state index contributed by atoms with van der Waals surface area (Å²) in [5, 5.41) is 7.62. The normalized spacial score (nSPS) is 14.7. The summed E-state index contributed by atoms with van der Waals surface area (Å²) < 4.78 is 41.9. The molecule has 0 saturated carbocycles. The maximum Gasteiger partial charge on any atom is 0.416 e. The predicted octanol–water partition coefficient (Wildman–Crippen LogP) is 3.01. The highest BCUT2D eigenvalue weighted by Crippen LogP contribution is 2.35. The number of fused-ring (bicyclic) bond motifs is 1. The average molecular weight is 403 g/mol. The molecular formula is C19H20F3N7. The number of likely N-dealkylation sites (N-methyl/N-ethyl adjacent to an activating group) is 1. The standard InChI is InChI=1S/C19H20F3N7/c1-28-4-5-29-14(10-28)7-18(27-29)26-17-8-16(24-11-25-17)12-2-3-13(9-23)15(6-12)19(20,21)22/h2-3,6-8,11H,4-5,9-10,23H2,1H3,(H,24,25,26,27). The van der Waals surface area contributed by atoms with Crippen LogP contribution < -0.4 is 11.1 Å². The summed E-state index contributed by atoms with van der Waals surface area (Å²) in [6, 6.07) is 7.57. The van der Waals surface area contributed by atoms with Gasteiger partial charge < -0.3 is 11.1 Å². The topological polar surface area (TPSA) is 84.9 Å². The summed E-state index contributed by atoms with van der Waals surface area (Å²) in [6.07, 6.45) is -3.17. The minimum Gasteiger partial charge on any atom is -0.326 e. The maximum absolute atomic E-state index is 13.3. The second-order valence-electron chi connectivity index (χ2n) is 6.97. The second kappa shape index (κ2) is 7.45. The van der Waals surface area contributed by atoms with Crippen molar-refractivity contribution in [2.45, 2.75) is 25.8 Å². The van der Waals surface area contributed by atoms with Crippen LogP contribution in [0.3, 0.4) is 0 Å². The predicted molar refractivity (Wildman–Crippen MR) is 102 cm³/mol. The van der Waals surface area contributed by atoms with Crippen LogP contribution in [0.15, 0.2) is 36.7 Å². The van der Waals surface area contributed by atoms with Gasteiger partial charge in [-0.25, -0.2) is 9.97 Å². The van der Waals surface area contributed by atoms with E-state index in [0.717, 1.165) is 31.4 Å². The zero-order chi connectivity index (χ0) is 20.6. The van der Waals surface area contributed by atoms with E-state index in [1.165, 1.54) is 12.4 Å². The summed E-state index contributed by atoms with van der Waals surface area (Å²) in [5.41, 5.74) is 6.54. The molecule has 0 fully saturated rings. The molecule has 0 unspecified atom stereocenters. The molecule has 2 aromatic heterocycles. The van der Waals surface area contributed by atoms with Crippen LogP contribution in [0, 0.1) is 0 Å². The molecular weight excluding hydrogens is 383 g/mol. The summed E-state index contributed by atoms with van der Waals surface area (Å²) in [4.78, 5) is 10.5. The van der Waals surface area contributed by atoms with Crippen LogP contribution in [0.2, 0.25) is 0 Å². The highest BCUT2D eigenvalue weighted by atomic mass is 19.4. The van der Waals surface area contributed by atoms with Gasteiger partial charge in [-0.3, -0.25) is 9.58 Å². The van der Waals surface area contributed by atoms with Crippen molar-refractivity contribution in [1.29, 1.82) is 0 Å². The molecule has 152 valence electrons. The van der Waals surface area contributed by atoms with Gasteiger partial charge in [-0.05, 0) is 18.7 Å². The van der Waals surface area contributed by atoms with Crippen molar-refractivity contribution >= 4 is 11.6 Å². The van der Waals surface area contributed by atoms with Gasteiger partial charge in [0, 0.05) is 37.3 Å². The molecule has 0 spiro atoms. The molecule has 0 atom stereocenters. The van der Waals surface area contributed by atoms with E-state index >= 15 is 0 Å². The van der Waals surface area contributed by atoms with Gasteiger partial charge in [-0.2, -0.15) is 18.3 Å². The van der Waals surface area contributed by atoms with Gasteiger partial charge in [-0.1, -0.05) is 12.1 Å². The molecule has 0 bridgehead atoms. The van der Waals surface area contributed by atoms with E-state index in [2.05, 4.69) is 25.3 Å². The quantitative estimate of drug-likeness (QED) is 0.697. The van der Waals surface area contributed by atoms with Gasteiger partial charge in [0.2, 0.25) is 0 Å². The van der Waals surface area contributed by atoms with Gasteiger partial charge >= 0.3 is 6.18 Å². The van der Waals surface area contributed by atoms with Crippen LogP contribution in [-0.2, 0) is 25.8 Å². The van der Waals surface area contributed by atoms with Crippen molar-refractivity contribution in [3.05, 3.63) is 53.5 Å². The van der Waals surface area contributed by atoms with E-state index in [1.807, 2.05) is 17.8 Å². The fourth-order valence-electron chi connectivity index (χ4n) is 3.35. The molecule has 0 radical (unpaired) electrons. The number of hydrogen-bond acceptors (Lipinski definition) is 6. The summed E-state index contributed by atoms with van der Waals surface area (Å²) in [6.45, 7) is 2.34. The van der Waals surface area contributed by atoms with Crippen LogP contribution in [-0.4, -0.2) is 38.2 Å². The van der Waals surface area contributed by atoms with Crippen molar-refractivity contribution in [3.63, 3.8) is 0 Å². The van der Waals surface area contributed by atoms with Crippen LogP contribution in [0.1, 0.15) is 16.8 Å². The largest absolute Gasteiger partial charge is 0.416 e. The van der Waals surface area contributed by atoms with E-state index in [4.69, 9.17) is 5.73 Å². The SMILES string of the molecule is CN1CCn2nc(Nc3cc(-c4ccc(CN)c(C(F)(F)F)c4)ncn3)cc2C1. The number of nitrogens with zero attached hydrogens (tertiary/aromatic N) is 5. The van der Waals surface area contributed by atoms with Crippen molar-refractivity contribution in [2.24, 2.45) is 5.73 Å². The molecule has 10 heteroatoms. The number of benzene rings is 1. The summed E-state index contributed by atoms with van der Waals surface area (Å²) in [7, 11) is 2.05. The Morgan fingerprint density at radius 2 is 1.93 bits per heavy atom. The number of alkyl halides is 3. The Labute approximate surface area is 165 Å². The van der Waals surface area contributed by atoms with E-state index in [-0.39, 0.29) is 12.1 Å². The Balaban J connectivity index is 1.61. The smallest absolute Gasteiger partial charge is 0.326 e. The molecule has 0 aliphatic carbocycles. The highest BCUT2D eigenvalue weighted by Gasteiger charge is 2.33. The molecule has 7 nitrogen and oxygen atoms in total. The Hall–Kier alpha value is -2.98. The first-order chi connectivity index (χ1) is 13.8. The summed E-state index contributed by atoms with van der Waals surface area (Å²) in [5.74, 6) is 1.09. The molecule has 4 rings (SSSR count). The fourth-order valence-corrected chi connectivity index (χ4v) is 3.35. The number of rotatable bonds is 4. The number of nitrogens with two attached hydrogens (primary N) is 1. The number of anilines is 2. The Morgan fingerprint density at radius 1 is 1.10 bits per heavy atom. The molecule has 3 heterocycles. The van der Waals surface area contributed by atoms with Gasteiger partial charge in [-0.15, -0.1) is 0 Å². The minimum absolute atomic E-state index is 0.0437. The average Bonchev–Trinajstić information content (AvgIpc) is 3.08. The third kappa shape index (κ3) is 4.08. The van der Waals surface area contributed by atoms with Crippen LogP contribution in [0.5, 0.6) is 0 Å². The Morgan fingerprint density at radius 3 is 2.69 bits per heavy atom. The molecule has 1 aliphatic heterocycles. The molecule has 3 aromatic rings. The monoisotopic (exact) mass is 403 g/mol. The van der Waals surface area contributed by atoms with Crippen molar-refractivity contribution in [1.82, 2.24) is 24.6 Å². The van der Waals surface area contributed by atoms with Gasteiger partial charge in [0.25, 0.3) is 0 Å². The molecule has 1 aliphatic rings. The summed E-state index contributed by atoms with van der Waals surface area (Å²) >= 11 is 0. The lowest BCUT2D eigenvalue weighted by Crippen LogP contribution is -2.30. The Kier molecular flexibility index (Phi) is 4.97. The molecule has 29 heavy (non-hydrogen) atoms. The number of nitrogens with one attached hydrogen (secondary N) is 1. The van der Waals surface area contributed by atoms with Gasteiger partial charge in [0.1, 0.15) is 12.1 Å². The molecule has 0 amide bonds. The zero-order valence-electron chi connectivity index (χ0n) is 15.7.